The van der Waals surface area contributed by atoms with Crippen LogP contribution in [0, 0.1) is 5.41 Å². The lowest BCUT2D eigenvalue weighted by molar-refractivity contribution is 0.342. The Hall–Kier alpha value is -0.830. The van der Waals surface area contributed by atoms with Gasteiger partial charge in [-0.15, -0.1) is 0 Å². The van der Waals surface area contributed by atoms with Gasteiger partial charge in [-0.2, -0.15) is 5.10 Å². The molecule has 1 N–H and O–H groups in total. The van der Waals surface area contributed by atoms with Crippen LogP contribution >= 0.6 is 0 Å². The molecule has 0 saturated carbocycles. The van der Waals surface area contributed by atoms with Crippen LogP contribution in [0.3, 0.4) is 0 Å². The lowest BCUT2D eigenvalue weighted by Crippen LogP contribution is -2.30. The Balaban J connectivity index is 2.49. The van der Waals surface area contributed by atoms with E-state index in [9.17, 15) is 0 Å². The van der Waals surface area contributed by atoms with Crippen molar-refractivity contribution in [3.8, 4) is 0 Å². The van der Waals surface area contributed by atoms with Crippen LogP contribution < -0.4 is 5.32 Å². The van der Waals surface area contributed by atoms with Gasteiger partial charge in [-0.05, 0) is 23.9 Å². The molecule has 0 spiro atoms. The van der Waals surface area contributed by atoms with E-state index in [1.807, 2.05) is 17.9 Å². The Kier molecular flexibility index (Phi) is 3.69. The largest absolute Gasteiger partial charge is 0.316 e. The molecule has 0 aliphatic carbocycles. The minimum Gasteiger partial charge on any atom is -0.316 e. The zero-order valence-electron chi connectivity index (χ0n) is 9.67. The number of aryl methyl sites for hydroxylation is 1. The minimum absolute atomic E-state index is 0.305. The summed E-state index contributed by atoms with van der Waals surface area (Å²) in [5, 5.41) is 7.57. The van der Waals surface area contributed by atoms with Crippen molar-refractivity contribution in [3.63, 3.8) is 0 Å². The third-order valence-corrected chi connectivity index (χ3v) is 2.29. The number of nitrogens with zero attached hydrogens (tertiary/aromatic N) is 2. The zero-order chi connectivity index (χ0) is 10.6. The summed E-state index contributed by atoms with van der Waals surface area (Å²) in [6.07, 6.45) is 5.12. The molecule has 1 heterocycles. The molecule has 0 amide bonds. The van der Waals surface area contributed by atoms with Gasteiger partial charge in [0.1, 0.15) is 0 Å². The van der Waals surface area contributed by atoms with E-state index in [-0.39, 0.29) is 0 Å². The highest BCUT2D eigenvalue weighted by Gasteiger charge is 2.18. The molecule has 0 aliphatic rings. The first-order valence-electron chi connectivity index (χ1n) is 5.22. The maximum atomic E-state index is 4.18. The quantitative estimate of drug-likeness (QED) is 0.773. The molecular weight excluding hydrogens is 174 g/mol. The smallest absolute Gasteiger partial charge is 0.0521 e. The van der Waals surface area contributed by atoms with Crippen molar-refractivity contribution in [2.75, 3.05) is 13.1 Å². The fourth-order valence-electron chi connectivity index (χ4n) is 1.64. The van der Waals surface area contributed by atoms with E-state index < -0.39 is 0 Å². The summed E-state index contributed by atoms with van der Waals surface area (Å²) in [6.45, 7) is 8.79. The van der Waals surface area contributed by atoms with E-state index >= 15 is 0 Å². The highest BCUT2D eigenvalue weighted by Crippen LogP contribution is 2.20. The molecule has 80 valence electrons. The van der Waals surface area contributed by atoms with Gasteiger partial charge in [0.2, 0.25) is 0 Å². The second-order valence-corrected chi connectivity index (χ2v) is 4.64. The maximum absolute atomic E-state index is 4.18. The SMILES string of the molecule is CCNCC(C)(C)Cc1cnn(C)c1. The molecule has 1 aromatic heterocycles. The molecule has 3 nitrogen and oxygen atoms in total. The Morgan fingerprint density at radius 2 is 2.21 bits per heavy atom. The molecule has 0 atom stereocenters. The second kappa shape index (κ2) is 4.60. The number of hydrogen-bond donors (Lipinski definition) is 1. The Morgan fingerprint density at radius 1 is 1.50 bits per heavy atom. The highest BCUT2D eigenvalue weighted by atomic mass is 15.2. The fourth-order valence-corrected chi connectivity index (χ4v) is 1.64. The van der Waals surface area contributed by atoms with E-state index in [0.717, 1.165) is 19.5 Å². The van der Waals surface area contributed by atoms with Crippen LogP contribution in [0.1, 0.15) is 26.3 Å². The van der Waals surface area contributed by atoms with Crippen molar-refractivity contribution in [2.45, 2.75) is 27.2 Å². The van der Waals surface area contributed by atoms with Gasteiger partial charge >= 0.3 is 0 Å². The van der Waals surface area contributed by atoms with Gasteiger partial charge in [-0.1, -0.05) is 20.8 Å². The van der Waals surface area contributed by atoms with Crippen LogP contribution in [0.15, 0.2) is 12.4 Å². The third kappa shape index (κ3) is 3.50. The van der Waals surface area contributed by atoms with Crippen molar-refractivity contribution < 1.29 is 0 Å². The lowest BCUT2D eigenvalue weighted by atomic mass is 9.87. The number of rotatable bonds is 5. The normalized spacial score (nSPS) is 12.0. The standard InChI is InChI=1S/C11H21N3/c1-5-12-9-11(2,3)6-10-7-13-14(4)8-10/h7-8,12H,5-6,9H2,1-4H3. The Morgan fingerprint density at radius 3 is 2.71 bits per heavy atom. The van der Waals surface area contributed by atoms with Crippen LogP contribution in [0.4, 0.5) is 0 Å². The Labute approximate surface area is 86.5 Å². The summed E-state index contributed by atoms with van der Waals surface area (Å²) < 4.78 is 1.86. The van der Waals surface area contributed by atoms with E-state index in [1.54, 1.807) is 0 Å². The molecule has 0 fully saturated rings. The van der Waals surface area contributed by atoms with E-state index in [2.05, 4.69) is 37.4 Å². The average Bonchev–Trinajstić information content (AvgIpc) is 2.47. The Bertz CT molecular complexity index is 276. The van der Waals surface area contributed by atoms with Gasteiger partial charge in [0, 0.05) is 19.8 Å². The molecule has 0 bridgehead atoms. The predicted molar refractivity (Wildman–Crippen MR) is 59.2 cm³/mol. The summed E-state index contributed by atoms with van der Waals surface area (Å²) in [6, 6.07) is 0. The molecular formula is C11H21N3. The van der Waals surface area contributed by atoms with Crippen LogP contribution in [-0.4, -0.2) is 22.9 Å². The van der Waals surface area contributed by atoms with Gasteiger partial charge in [-0.3, -0.25) is 4.68 Å². The van der Waals surface area contributed by atoms with Gasteiger partial charge in [0.05, 0.1) is 6.20 Å². The monoisotopic (exact) mass is 195 g/mol. The van der Waals surface area contributed by atoms with E-state index in [1.165, 1.54) is 5.56 Å². The average molecular weight is 195 g/mol. The molecule has 1 aromatic rings. The molecule has 0 radical (unpaired) electrons. The summed E-state index contributed by atoms with van der Waals surface area (Å²) in [7, 11) is 1.96. The summed E-state index contributed by atoms with van der Waals surface area (Å²) in [5.74, 6) is 0. The van der Waals surface area contributed by atoms with E-state index in [0.29, 0.717) is 5.41 Å². The minimum atomic E-state index is 0.305. The first-order chi connectivity index (χ1) is 6.53. The lowest BCUT2D eigenvalue weighted by Gasteiger charge is -2.24. The van der Waals surface area contributed by atoms with Gasteiger partial charge in [0.15, 0.2) is 0 Å². The molecule has 0 saturated heterocycles. The number of aromatic nitrogens is 2. The van der Waals surface area contributed by atoms with Crippen LogP contribution in [0.2, 0.25) is 0 Å². The van der Waals surface area contributed by atoms with Crippen molar-refractivity contribution >= 4 is 0 Å². The highest BCUT2D eigenvalue weighted by molar-refractivity contribution is 5.06. The van der Waals surface area contributed by atoms with Crippen molar-refractivity contribution in [1.29, 1.82) is 0 Å². The van der Waals surface area contributed by atoms with Crippen LogP contribution in [-0.2, 0) is 13.5 Å². The summed E-state index contributed by atoms with van der Waals surface area (Å²) in [5.41, 5.74) is 1.62. The molecule has 1 rings (SSSR count). The van der Waals surface area contributed by atoms with Gasteiger partial charge < -0.3 is 5.32 Å². The fraction of sp³-hybridized carbons (Fsp3) is 0.727. The van der Waals surface area contributed by atoms with E-state index in [4.69, 9.17) is 0 Å². The molecule has 3 heteroatoms. The van der Waals surface area contributed by atoms with Crippen LogP contribution in [0.5, 0.6) is 0 Å². The second-order valence-electron chi connectivity index (χ2n) is 4.64. The first-order valence-corrected chi connectivity index (χ1v) is 5.22. The summed E-state index contributed by atoms with van der Waals surface area (Å²) in [4.78, 5) is 0. The predicted octanol–water partition coefficient (Wildman–Crippen LogP) is 1.60. The molecule has 14 heavy (non-hydrogen) atoms. The van der Waals surface area contributed by atoms with Gasteiger partial charge in [0.25, 0.3) is 0 Å². The molecule has 0 aromatic carbocycles. The van der Waals surface area contributed by atoms with Crippen molar-refractivity contribution in [2.24, 2.45) is 12.5 Å². The van der Waals surface area contributed by atoms with Crippen LogP contribution in [0.25, 0.3) is 0 Å². The summed E-state index contributed by atoms with van der Waals surface area (Å²) >= 11 is 0. The number of nitrogens with one attached hydrogen (secondary N) is 1. The molecule has 0 unspecified atom stereocenters. The topological polar surface area (TPSA) is 29.9 Å². The first kappa shape index (κ1) is 11.2. The zero-order valence-corrected chi connectivity index (χ0v) is 9.67. The number of hydrogen-bond acceptors (Lipinski definition) is 2. The molecule has 0 aliphatic heterocycles. The maximum Gasteiger partial charge on any atom is 0.0521 e. The van der Waals surface area contributed by atoms with Crippen molar-refractivity contribution in [1.82, 2.24) is 15.1 Å². The van der Waals surface area contributed by atoms with Gasteiger partial charge in [-0.25, -0.2) is 0 Å². The third-order valence-electron chi connectivity index (χ3n) is 2.29. The van der Waals surface area contributed by atoms with Crippen molar-refractivity contribution in [3.05, 3.63) is 18.0 Å².